The lowest BCUT2D eigenvalue weighted by Crippen LogP contribution is -2.19. The van der Waals surface area contributed by atoms with E-state index in [1.165, 1.54) is 42.6 Å². The summed E-state index contributed by atoms with van der Waals surface area (Å²) < 4.78 is 19.2. The van der Waals surface area contributed by atoms with Crippen LogP contribution in [0.2, 0.25) is 5.02 Å². The zero-order valence-corrected chi connectivity index (χ0v) is 18.8. The predicted molar refractivity (Wildman–Crippen MR) is 122 cm³/mol. The van der Waals surface area contributed by atoms with Crippen molar-refractivity contribution < 1.29 is 18.8 Å². The second-order valence-electron chi connectivity index (χ2n) is 6.62. The van der Waals surface area contributed by atoms with Gasteiger partial charge in [0.15, 0.2) is 5.75 Å². The Bertz CT molecular complexity index is 1130. The number of hydrazone groups is 1. The molecule has 0 aliphatic rings. The first-order valence-electron chi connectivity index (χ1n) is 9.23. The quantitative estimate of drug-likeness (QED) is 0.244. The summed E-state index contributed by atoms with van der Waals surface area (Å²) in [7, 11) is 0. The molecule has 7 nitrogen and oxygen atoms in total. The molecule has 3 aromatic rings. The van der Waals surface area contributed by atoms with Gasteiger partial charge in [-0.3, -0.25) is 14.9 Å². The third-order valence-corrected chi connectivity index (χ3v) is 5.10. The van der Waals surface area contributed by atoms with Gasteiger partial charge in [0.2, 0.25) is 5.91 Å². The molecule has 10 heteroatoms. The molecule has 3 aromatic carbocycles. The van der Waals surface area contributed by atoms with Crippen molar-refractivity contribution in [1.82, 2.24) is 5.43 Å². The Balaban J connectivity index is 1.57. The van der Waals surface area contributed by atoms with E-state index < -0.39 is 4.92 Å². The summed E-state index contributed by atoms with van der Waals surface area (Å²) in [5.74, 6) is -0.307. The van der Waals surface area contributed by atoms with Crippen LogP contribution in [0.3, 0.4) is 0 Å². The molecule has 0 atom stereocenters. The number of nitrogens with one attached hydrogen (secondary N) is 1. The minimum atomic E-state index is -0.469. The molecule has 0 spiro atoms. The number of non-ortho nitro benzene ring substituents is 1. The standard InChI is InChI=1S/C22H16BrClFN3O4/c23-19-9-16(12-26-27-21(29)11-14-1-5-17(25)6-2-14)10-20(24)22(19)32-13-15-3-7-18(8-4-15)28(30)31/h1-10,12H,11,13H2,(H,27,29)/b26-12+. The van der Waals surface area contributed by atoms with Crippen molar-refractivity contribution in [1.29, 1.82) is 0 Å². The molecular formula is C22H16BrClFN3O4. The van der Waals surface area contributed by atoms with E-state index in [0.29, 0.717) is 26.4 Å². The summed E-state index contributed by atoms with van der Waals surface area (Å²) >= 11 is 9.70. The maximum Gasteiger partial charge on any atom is 0.269 e. The van der Waals surface area contributed by atoms with E-state index >= 15 is 0 Å². The fraction of sp³-hybridized carbons (Fsp3) is 0.0909. The van der Waals surface area contributed by atoms with E-state index in [1.54, 1.807) is 24.3 Å². The Labute approximate surface area is 196 Å². The lowest BCUT2D eigenvalue weighted by molar-refractivity contribution is -0.384. The van der Waals surface area contributed by atoms with Crippen molar-refractivity contribution in [3.8, 4) is 5.75 Å². The van der Waals surface area contributed by atoms with Crippen LogP contribution in [-0.4, -0.2) is 17.0 Å². The second-order valence-corrected chi connectivity index (χ2v) is 7.88. The molecule has 32 heavy (non-hydrogen) atoms. The third-order valence-electron chi connectivity index (χ3n) is 4.23. The zero-order valence-electron chi connectivity index (χ0n) is 16.4. The van der Waals surface area contributed by atoms with Gasteiger partial charge in [-0.1, -0.05) is 23.7 Å². The number of benzene rings is 3. The lowest BCUT2D eigenvalue weighted by atomic mass is 10.1. The molecule has 0 fully saturated rings. The van der Waals surface area contributed by atoms with Crippen molar-refractivity contribution in [2.75, 3.05) is 0 Å². The van der Waals surface area contributed by atoms with Crippen LogP contribution in [0.1, 0.15) is 16.7 Å². The molecule has 0 bridgehead atoms. The number of halogens is 3. The number of hydrogen-bond donors (Lipinski definition) is 1. The Kier molecular flexibility index (Phi) is 7.91. The molecule has 164 valence electrons. The van der Waals surface area contributed by atoms with Crippen LogP contribution in [0.5, 0.6) is 5.75 Å². The highest BCUT2D eigenvalue weighted by molar-refractivity contribution is 9.10. The molecule has 0 aliphatic carbocycles. The van der Waals surface area contributed by atoms with Crippen LogP contribution >= 0.6 is 27.5 Å². The van der Waals surface area contributed by atoms with Gasteiger partial charge in [0.25, 0.3) is 5.69 Å². The highest BCUT2D eigenvalue weighted by atomic mass is 79.9. The predicted octanol–water partition coefficient (Wildman–Crippen LogP) is 5.42. The van der Waals surface area contributed by atoms with Crippen LogP contribution < -0.4 is 10.2 Å². The van der Waals surface area contributed by atoms with Gasteiger partial charge in [-0.25, -0.2) is 9.82 Å². The lowest BCUT2D eigenvalue weighted by Gasteiger charge is -2.11. The topological polar surface area (TPSA) is 93.8 Å². The number of carbonyl (C=O) groups is 1. The third kappa shape index (κ3) is 6.60. The summed E-state index contributed by atoms with van der Waals surface area (Å²) in [6.45, 7) is 0.170. The Hall–Kier alpha value is -3.30. The summed E-state index contributed by atoms with van der Waals surface area (Å²) in [6.07, 6.45) is 1.50. The minimum absolute atomic E-state index is 0.00126. The van der Waals surface area contributed by atoms with E-state index in [9.17, 15) is 19.3 Å². The van der Waals surface area contributed by atoms with Crippen molar-refractivity contribution in [3.05, 3.63) is 103 Å². The Morgan fingerprint density at radius 2 is 1.81 bits per heavy atom. The van der Waals surface area contributed by atoms with Gasteiger partial charge >= 0.3 is 0 Å². The highest BCUT2D eigenvalue weighted by Crippen LogP contribution is 2.34. The average molecular weight is 521 g/mol. The maximum absolute atomic E-state index is 12.9. The molecule has 3 rings (SSSR count). The van der Waals surface area contributed by atoms with E-state index in [0.717, 1.165) is 5.56 Å². The van der Waals surface area contributed by atoms with Crippen molar-refractivity contribution >= 4 is 45.3 Å². The van der Waals surface area contributed by atoms with Gasteiger partial charge in [0, 0.05) is 12.1 Å². The Morgan fingerprint density at radius 1 is 1.16 bits per heavy atom. The van der Waals surface area contributed by atoms with Crippen molar-refractivity contribution in [3.63, 3.8) is 0 Å². The van der Waals surface area contributed by atoms with Gasteiger partial charge in [0.1, 0.15) is 12.4 Å². The van der Waals surface area contributed by atoms with E-state index in [1.807, 2.05) is 0 Å². The highest BCUT2D eigenvalue weighted by Gasteiger charge is 2.11. The van der Waals surface area contributed by atoms with Gasteiger partial charge in [-0.15, -0.1) is 0 Å². The molecular weight excluding hydrogens is 505 g/mol. The fourth-order valence-corrected chi connectivity index (χ4v) is 3.66. The molecule has 0 aromatic heterocycles. The molecule has 1 N–H and O–H groups in total. The molecule has 0 saturated carbocycles. The average Bonchev–Trinajstić information content (AvgIpc) is 2.75. The molecule has 0 saturated heterocycles. The normalized spacial score (nSPS) is 10.8. The molecule has 0 unspecified atom stereocenters. The molecule has 0 aliphatic heterocycles. The number of carbonyl (C=O) groups excluding carboxylic acids is 1. The van der Waals surface area contributed by atoms with Gasteiger partial charge in [0.05, 0.1) is 27.1 Å². The largest absolute Gasteiger partial charge is 0.486 e. The van der Waals surface area contributed by atoms with Crippen LogP contribution in [0, 0.1) is 15.9 Å². The number of hydrogen-bond acceptors (Lipinski definition) is 5. The van der Waals surface area contributed by atoms with E-state index in [4.69, 9.17) is 16.3 Å². The SMILES string of the molecule is O=C(Cc1ccc(F)cc1)N/N=C/c1cc(Cl)c(OCc2ccc([N+](=O)[O-])cc2)c(Br)c1. The second kappa shape index (κ2) is 10.8. The van der Waals surface area contributed by atoms with E-state index in [-0.39, 0.29) is 30.4 Å². The first kappa shape index (κ1) is 23.4. The van der Waals surface area contributed by atoms with Gasteiger partial charge in [-0.2, -0.15) is 5.10 Å². The monoisotopic (exact) mass is 519 g/mol. The van der Waals surface area contributed by atoms with E-state index in [2.05, 4.69) is 26.5 Å². The molecule has 1 amide bonds. The first-order chi connectivity index (χ1) is 15.3. The number of nitrogens with zero attached hydrogens (tertiary/aromatic N) is 2. The number of nitro benzene ring substituents is 1. The first-order valence-corrected chi connectivity index (χ1v) is 10.4. The minimum Gasteiger partial charge on any atom is -0.486 e. The smallest absolute Gasteiger partial charge is 0.269 e. The molecule has 0 radical (unpaired) electrons. The summed E-state index contributed by atoms with van der Waals surface area (Å²) in [5, 5.41) is 15.0. The Morgan fingerprint density at radius 3 is 2.44 bits per heavy atom. The van der Waals surface area contributed by atoms with Gasteiger partial charge in [-0.05, 0) is 69.0 Å². The van der Waals surface area contributed by atoms with Crippen LogP contribution in [0.4, 0.5) is 10.1 Å². The molecule has 0 heterocycles. The summed E-state index contributed by atoms with van der Waals surface area (Å²) in [6, 6.07) is 15.0. The van der Waals surface area contributed by atoms with Gasteiger partial charge < -0.3 is 4.74 Å². The number of nitro groups is 1. The fourth-order valence-electron chi connectivity index (χ4n) is 2.67. The summed E-state index contributed by atoms with van der Waals surface area (Å²) in [5.41, 5.74) is 4.43. The van der Waals surface area contributed by atoms with Crippen molar-refractivity contribution in [2.45, 2.75) is 13.0 Å². The maximum atomic E-state index is 12.9. The number of ether oxygens (including phenoxy) is 1. The van der Waals surface area contributed by atoms with Crippen LogP contribution in [0.15, 0.2) is 70.2 Å². The number of amides is 1. The van der Waals surface area contributed by atoms with Crippen LogP contribution in [0.25, 0.3) is 0 Å². The number of rotatable bonds is 8. The zero-order chi connectivity index (χ0) is 23.1. The van der Waals surface area contributed by atoms with Crippen molar-refractivity contribution in [2.24, 2.45) is 5.10 Å². The van der Waals surface area contributed by atoms with Crippen LogP contribution in [-0.2, 0) is 17.8 Å². The summed E-state index contributed by atoms with van der Waals surface area (Å²) in [4.78, 5) is 22.2.